The molecule has 0 saturated heterocycles. The number of rotatable bonds is 6. The third-order valence-electron chi connectivity index (χ3n) is 3.59. The van der Waals surface area contributed by atoms with Gasteiger partial charge in [-0.05, 0) is 24.3 Å². The molecular weight excluding hydrogens is 390 g/mol. The molecule has 1 aromatic carbocycles. The maximum absolute atomic E-state index is 13.2. The van der Waals surface area contributed by atoms with E-state index in [-0.39, 0.29) is 18.1 Å². The highest BCUT2D eigenvalue weighted by Gasteiger charge is 2.28. The second-order valence-corrected chi connectivity index (χ2v) is 5.81. The lowest BCUT2D eigenvalue weighted by atomic mass is 10.3. The molecule has 0 radical (unpaired) electrons. The van der Waals surface area contributed by atoms with Gasteiger partial charge in [0.2, 0.25) is 0 Å². The molecule has 3 aromatic rings. The molecule has 2 aromatic heterocycles. The van der Waals surface area contributed by atoms with E-state index in [0.717, 1.165) is 0 Å². The van der Waals surface area contributed by atoms with Gasteiger partial charge in [-0.2, -0.15) is 5.10 Å². The van der Waals surface area contributed by atoms with E-state index in [4.69, 9.17) is 16.0 Å². The number of alkyl halides is 4. The number of anilines is 1. The molecule has 27 heavy (non-hydrogen) atoms. The Bertz CT molecular complexity index is 941. The van der Waals surface area contributed by atoms with Crippen molar-refractivity contribution in [2.75, 3.05) is 5.32 Å². The van der Waals surface area contributed by atoms with Crippen molar-refractivity contribution in [3.63, 3.8) is 0 Å². The van der Waals surface area contributed by atoms with Crippen LogP contribution in [-0.4, -0.2) is 15.7 Å². The number of hydrogen-bond donors (Lipinski definition) is 1. The fraction of sp³-hybridized carbons (Fsp3) is 0.176. The van der Waals surface area contributed by atoms with E-state index in [1.54, 1.807) is 30.3 Å². The van der Waals surface area contributed by atoms with Crippen LogP contribution in [-0.2, 0) is 6.54 Å². The zero-order valence-electron chi connectivity index (χ0n) is 13.5. The van der Waals surface area contributed by atoms with E-state index >= 15 is 0 Å². The lowest BCUT2D eigenvalue weighted by molar-refractivity contribution is 0.0994. The highest BCUT2D eigenvalue weighted by Crippen LogP contribution is 2.35. The second kappa shape index (κ2) is 7.83. The molecule has 5 nitrogen and oxygen atoms in total. The predicted octanol–water partition coefficient (Wildman–Crippen LogP) is 5.31. The number of halogens is 5. The summed E-state index contributed by atoms with van der Waals surface area (Å²) in [4.78, 5) is 12.1. The number of para-hydroxylation sites is 1. The lowest BCUT2D eigenvalue weighted by Gasteiger charge is -2.05. The zero-order chi connectivity index (χ0) is 19.6. The van der Waals surface area contributed by atoms with Crippen LogP contribution in [0.5, 0.6) is 0 Å². The van der Waals surface area contributed by atoms with Crippen LogP contribution in [0.4, 0.5) is 23.2 Å². The van der Waals surface area contributed by atoms with E-state index in [1.807, 2.05) is 0 Å². The molecular formula is C17H12ClF4N3O2. The van der Waals surface area contributed by atoms with Gasteiger partial charge in [-0.15, -0.1) is 0 Å². The van der Waals surface area contributed by atoms with Crippen molar-refractivity contribution in [2.45, 2.75) is 19.4 Å². The molecule has 1 amide bonds. The molecule has 0 atom stereocenters. The van der Waals surface area contributed by atoms with Crippen LogP contribution in [0.15, 0.2) is 46.9 Å². The Labute approximate surface area is 155 Å². The fourth-order valence-electron chi connectivity index (χ4n) is 2.39. The summed E-state index contributed by atoms with van der Waals surface area (Å²) in [5.74, 6) is -0.539. The van der Waals surface area contributed by atoms with Gasteiger partial charge >= 0.3 is 0 Å². The molecule has 0 aliphatic heterocycles. The number of nitrogens with one attached hydrogen (secondary N) is 1. The monoisotopic (exact) mass is 401 g/mol. The van der Waals surface area contributed by atoms with Crippen molar-refractivity contribution < 1.29 is 26.8 Å². The van der Waals surface area contributed by atoms with Crippen molar-refractivity contribution >= 4 is 23.2 Å². The number of aromatic nitrogens is 2. The molecule has 0 spiro atoms. The van der Waals surface area contributed by atoms with Crippen molar-refractivity contribution in [2.24, 2.45) is 0 Å². The summed E-state index contributed by atoms with van der Waals surface area (Å²) in [6.07, 6.45) is -6.20. The van der Waals surface area contributed by atoms with Gasteiger partial charge in [0, 0.05) is 5.69 Å². The van der Waals surface area contributed by atoms with Gasteiger partial charge in [0.25, 0.3) is 18.8 Å². The first-order valence-corrected chi connectivity index (χ1v) is 8.02. The Hall–Kier alpha value is -2.81. The van der Waals surface area contributed by atoms with Gasteiger partial charge in [0.1, 0.15) is 17.1 Å². The minimum absolute atomic E-state index is 0.0696. The molecule has 10 heteroatoms. The molecule has 0 saturated carbocycles. The first kappa shape index (κ1) is 19.0. The normalized spacial score (nSPS) is 11.4. The quantitative estimate of drug-likeness (QED) is 0.570. The van der Waals surface area contributed by atoms with Crippen LogP contribution < -0.4 is 5.32 Å². The van der Waals surface area contributed by atoms with E-state index < -0.39 is 35.2 Å². The summed E-state index contributed by atoms with van der Waals surface area (Å²) in [7, 11) is 0. The second-order valence-electron chi connectivity index (χ2n) is 5.43. The summed E-state index contributed by atoms with van der Waals surface area (Å²) >= 11 is 5.59. The van der Waals surface area contributed by atoms with Crippen LogP contribution >= 0.6 is 11.6 Å². The SMILES string of the molecule is O=C(Nc1ccccc1)c1ccc(Cn2nc(C(F)F)c(Cl)c2C(F)F)o1. The summed E-state index contributed by atoms with van der Waals surface area (Å²) < 4.78 is 58.0. The van der Waals surface area contributed by atoms with Gasteiger partial charge in [0.15, 0.2) is 5.76 Å². The highest BCUT2D eigenvalue weighted by atomic mass is 35.5. The van der Waals surface area contributed by atoms with E-state index in [2.05, 4.69) is 10.4 Å². The summed E-state index contributed by atoms with van der Waals surface area (Å²) in [5.41, 5.74) is -1.22. The standard InChI is InChI=1S/C17H12ClF4N3O2/c18-12-13(15(19)20)24-25(14(12)16(21)22)8-10-6-7-11(27-10)17(26)23-9-4-2-1-3-5-9/h1-7,15-16H,8H2,(H,23,26). The van der Waals surface area contributed by atoms with Gasteiger partial charge in [-0.1, -0.05) is 29.8 Å². The molecule has 3 rings (SSSR count). The fourth-order valence-corrected chi connectivity index (χ4v) is 2.69. The topological polar surface area (TPSA) is 60.1 Å². The zero-order valence-corrected chi connectivity index (χ0v) is 14.3. The van der Waals surface area contributed by atoms with Gasteiger partial charge in [0.05, 0.1) is 11.6 Å². The van der Waals surface area contributed by atoms with Crippen molar-refractivity contribution in [1.82, 2.24) is 9.78 Å². The Balaban J connectivity index is 1.80. The highest BCUT2D eigenvalue weighted by molar-refractivity contribution is 6.32. The van der Waals surface area contributed by atoms with Gasteiger partial charge in [-0.25, -0.2) is 17.6 Å². The Morgan fingerprint density at radius 1 is 1.11 bits per heavy atom. The molecule has 2 heterocycles. The molecule has 0 aliphatic rings. The Morgan fingerprint density at radius 3 is 2.44 bits per heavy atom. The minimum atomic E-state index is -3.10. The molecule has 0 bridgehead atoms. The van der Waals surface area contributed by atoms with E-state index in [9.17, 15) is 22.4 Å². The van der Waals surface area contributed by atoms with Crippen molar-refractivity contribution in [3.05, 3.63) is 70.4 Å². The average molecular weight is 402 g/mol. The first-order chi connectivity index (χ1) is 12.9. The van der Waals surface area contributed by atoms with Crippen LogP contribution in [0.2, 0.25) is 5.02 Å². The average Bonchev–Trinajstić information content (AvgIpc) is 3.20. The number of furan rings is 1. The lowest BCUT2D eigenvalue weighted by Crippen LogP contribution is -2.11. The number of amides is 1. The predicted molar refractivity (Wildman–Crippen MR) is 89.4 cm³/mol. The Kier molecular flexibility index (Phi) is 5.50. The van der Waals surface area contributed by atoms with Gasteiger partial charge in [-0.3, -0.25) is 9.48 Å². The smallest absolute Gasteiger partial charge is 0.291 e. The summed E-state index contributed by atoms with van der Waals surface area (Å²) in [6.45, 7) is -0.384. The summed E-state index contributed by atoms with van der Waals surface area (Å²) in [5, 5.41) is 5.26. The van der Waals surface area contributed by atoms with Crippen LogP contribution in [0, 0.1) is 0 Å². The van der Waals surface area contributed by atoms with Gasteiger partial charge < -0.3 is 9.73 Å². The molecule has 0 fully saturated rings. The minimum Gasteiger partial charge on any atom is -0.454 e. The number of benzene rings is 1. The maximum Gasteiger partial charge on any atom is 0.291 e. The number of carbonyl (C=O) groups excluding carboxylic acids is 1. The van der Waals surface area contributed by atoms with Crippen molar-refractivity contribution in [1.29, 1.82) is 0 Å². The van der Waals surface area contributed by atoms with E-state index in [0.29, 0.717) is 10.4 Å². The maximum atomic E-state index is 13.2. The summed E-state index contributed by atoms with van der Waals surface area (Å²) in [6, 6.07) is 11.3. The number of carbonyl (C=O) groups is 1. The molecule has 0 unspecified atom stereocenters. The Morgan fingerprint density at radius 2 is 1.81 bits per heavy atom. The third kappa shape index (κ3) is 4.13. The molecule has 1 N–H and O–H groups in total. The molecule has 0 aliphatic carbocycles. The number of hydrogen-bond acceptors (Lipinski definition) is 3. The largest absolute Gasteiger partial charge is 0.454 e. The van der Waals surface area contributed by atoms with Crippen LogP contribution in [0.1, 0.15) is 40.6 Å². The number of nitrogens with zero attached hydrogens (tertiary/aromatic N) is 2. The van der Waals surface area contributed by atoms with Crippen LogP contribution in [0.3, 0.4) is 0 Å². The molecule has 142 valence electrons. The van der Waals surface area contributed by atoms with E-state index in [1.165, 1.54) is 12.1 Å². The first-order valence-electron chi connectivity index (χ1n) is 7.64. The third-order valence-corrected chi connectivity index (χ3v) is 3.98. The van der Waals surface area contributed by atoms with Crippen LogP contribution in [0.25, 0.3) is 0 Å². The van der Waals surface area contributed by atoms with Crippen molar-refractivity contribution in [3.8, 4) is 0 Å².